The molecule has 0 aliphatic carbocycles. The fourth-order valence-corrected chi connectivity index (χ4v) is 5.31. The van der Waals surface area contributed by atoms with Crippen LogP contribution in [0.25, 0.3) is 10.9 Å². The summed E-state index contributed by atoms with van der Waals surface area (Å²) in [4.78, 5) is 22.0. The highest BCUT2D eigenvalue weighted by molar-refractivity contribution is 5.83. The van der Waals surface area contributed by atoms with Gasteiger partial charge in [0.2, 0.25) is 5.91 Å². The lowest BCUT2D eigenvalue weighted by Gasteiger charge is -2.36. The molecule has 2 aromatic carbocycles. The van der Waals surface area contributed by atoms with E-state index in [2.05, 4.69) is 69.1 Å². The van der Waals surface area contributed by atoms with Crippen LogP contribution in [0.2, 0.25) is 0 Å². The van der Waals surface area contributed by atoms with Gasteiger partial charge in [-0.1, -0.05) is 12.1 Å². The molecule has 3 N–H and O–H groups in total. The van der Waals surface area contributed by atoms with Gasteiger partial charge in [-0.15, -0.1) is 0 Å². The lowest BCUT2D eigenvalue weighted by molar-refractivity contribution is -0.116. The second-order valence-corrected chi connectivity index (χ2v) is 8.92. The number of hydrogen-bond donors (Lipinski definition) is 2. The number of amides is 1. The highest BCUT2D eigenvalue weighted by atomic mass is 16.1. The summed E-state index contributed by atoms with van der Waals surface area (Å²) in [7, 11) is 0. The monoisotopic (exact) mass is 417 g/mol. The molecule has 1 amide bonds. The molecule has 31 heavy (non-hydrogen) atoms. The SMILES string of the molecule is Cc1cccc2c1C(CCN1CCN(c3ccc4[nH]ccc4c3)CC1)CN2CC(N)=O. The van der Waals surface area contributed by atoms with Crippen molar-refractivity contribution >= 4 is 28.2 Å². The first kappa shape index (κ1) is 19.9. The van der Waals surface area contributed by atoms with Crippen molar-refractivity contribution in [3.8, 4) is 0 Å². The summed E-state index contributed by atoms with van der Waals surface area (Å²) in [5.74, 6) is 0.201. The van der Waals surface area contributed by atoms with E-state index < -0.39 is 0 Å². The van der Waals surface area contributed by atoms with Gasteiger partial charge in [0, 0.05) is 67.1 Å². The van der Waals surface area contributed by atoms with Crippen LogP contribution in [0.15, 0.2) is 48.7 Å². The average Bonchev–Trinajstić information content (AvgIpc) is 3.37. The summed E-state index contributed by atoms with van der Waals surface area (Å²) >= 11 is 0. The third kappa shape index (κ3) is 4.00. The van der Waals surface area contributed by atoms with Crippen molar-refractivity contribution < 1.29 is 4.79 Å². The summed E-state index contributed by atoms with van der Waals surface area (Å²) in [6.07, 6.45) is 3.11. The average molecular weight is 418 g/mol. The number of benzene rings is 2. The number of nitrogens with zero attached hydrogens (tertiary/aromatic N) is 3. The quantitative estimate of drug-likeness (QED) is 0.647. The van der Waals surface area contributed by atoms with Crippen molar-refractivity contribution in [2.75, 3.05) is 55.6 Å². The molecule has 0 spiro atoms. The van der Waals surface area contributed by atoms with Crippen molar-refractivity contribution in [3.05, 3.63) is 59.8 Å². The first-order chi connectivity index (χ1) is 15.1. The van der Waals surface area contributed by atoms with Gasteiger partial charge in [-0.3, -0.25) is 9.69 Å². The standard InChI is InChI=1S/C25H31N5O/c1-18-3-2-4-23-25(18)20(16-30(23)17-24(26)31)8-10-28-11-13-29(14-12-28)21-5-6-22-19(15-21)7-9-27-22/h2-7,9,15,20,27H,8,10-14,16-17H2,1H3,(H2,26,31). The van der Waals surface area contributed by atoms with Crippen LogP contribution in [0, 0.1) is 6.92 Å². The number of rotatable bonds is 6. The largest absolute Gasteiger partial charge is 0.369 e. The molecule has 6 heteroatoms. The Bertz CT molecular complexity index is 1080. The molecule has 3 aromatic rings. The molecule has 2 aliphatic heterocycles. The topological polar surface area (TPSA) is 68.6 Å². The van der Waals surface area contributed by atoms with E-state index in [1.54, 1.807) is 0 Å². The van der Waals surface area contributed by atoms with Crippen LogP contribution in [-0.2, 0) is 4.79 Å². The molecule has 0 saturated carbocycles. The number of hydrogen-bond acceptors (Lipinski definition) is 4. The van der Waals surface area contributed by atoms with Crippen LogP contribution < -0.4 is 15.5 Å². The lowest BCUT2D eigenvalue weighted by Crippen LogP contribution is -2.46. The maximum atomic E-state index is 11.5. The number of aryl methyl sites for hydroxylation is 1. The number of aromatic nitrogens is 1. The molecule has 3 heterocycles. The minimum atomic E-state index is -0.262. The maximum absolute atomic E-state index is 11.5. The minimum absolute atomic E-state index is 0.262. The van der Waals surface area contributed by atoms with E-state index in [-0.39, 0.29) is 5.91 Å². The van der Waals surface area contributed by atoms with E-state index in [1.807, 2.05) is 6.20 Å². The summed E-state index contributed by atoms with van der Waals surface area (Å²) in [5.41, 5.74) is 11.9. The Kier molecular flexibility index (Phi) is 5.32. The number of fused-ring (bicyclic) bond motifs is 2. The summed E-state index contributed by atoms with van der Waals surface area (Å²) in [6, 6.07) is 15.2. The smallest absolute Gasteiger partial charge is 0.236 e. The molecule has 1 aromatic heterocycles. The Hall–Kier alpha value is -2.99. The van der Waals surface area contributed by atoms with Crippen LogP contribution >= 0.6 is 0 Å². The van der Waals surface area contributed by atoms with Crippen LogP contribution in [0.5, 0.6) is 0 Å². The van der Waals surface area contributed by atoms with E-state index in [9.17, 15) is 4.79 Å². The zero-order valence-electron chi connectivity index (χ0n) is 18.2. The zero-order chi connectivity index (χ0) is 21.4. The van der Waals surface area contributed by atoms with Gasteiger partial charge in [0.05, 0.1) is 6.54 Å². The van der Waals surface area contributed by atoms with Gasteiger partial charge in [-0.25, -0.2) is 0 Å². The van der Waals surface area contributed by atoms with Gasteiger partial charge in [-0.05, 0) is 61.3 Å². The van der Waals surface area contributed by atoms with Gasteiger partial charge in [0.25, 0.3) is 0 Å². The zero-order valence-corrected chi connectivity index (χ0v) is 18.2. The van der Waals surface area contributed by atoms with Crippen molar-refractivity contribution in [3.63, 3.8) is 0 Å². The first-order valence-corrected chi connectivity index (χ1v) is 11.3. The predicted octanol–water partition coefficient (Wildman–Crippen LogP) is 3.08. The highest BCUT2D eigenvalue weighted by Crippen LogP contribution is 2.40. The van der Waals surface area contributed by atoms with Crippen molar-refractivity contribution in [2.45, 2.75) is 19.3 Å². The number of nitrogens with one attached hydrogen (secondary N) is 1. The summed E-state index contributed by atoms with van der Waals surface area (Å²) in [5, 5.41) is 1.27. The second kappa shape index (κ2) is 8.27. The number of nitrogens with two attached hydrogens (primary N) is 1. The minimum Gasteiger partial charge on any atom is -0.369 e. The number of anilines is 2. The molecule has 1 atom stereocenters. The Morgan fingerprint density at radius 3 is 2.77 bits per heavy atom. The summed E-state index contributed by atoms with van der Waals surface area (Å²) < 4.78 is 0. The van der Waals surface area contributed by atoms with E-state index in [4.69, 9.17) is 5.73 Å². The molecule has 1 unspecified atom stereocenters. The fourth-order valence-electron chi connectivity index (χ4n) is 5.31. The van der Waals surface area contributed by atoms with Crippen LogP contribution in [0.3, 0.4) is 0 Å². The van der Waals surface area contributed by atoms with Gasteiger partial charge in [-0.2, -0.15) is 0 Å². The van der Waals surface area contributed by atoms with Gasteiger partial charge in [0.15, 0.2) is 0 Å². The fraction of sp³-hybridized carbons (Fsp3) is 0.400. The number of piperazine rings is 1. The Morgan fingerprint density at radius 1 is 1.13 bits per heavy atom. The Morgan fingerprint density at radius 2 is 1.97 bits per heavy atom. The van der Waals surface area contributed by atoms with Gasteiger partial charge < -0.3 is 20.5 Å². The second-order valence-electron chi connectivity index (χ2n) is 8.92. The molecule has 2 aliphatic rings. The molecule has 1 saturated heterocycles. The number of H-pyrrole nitrogens is 1. The molecular weight excluding hydrogens is 386 g/mol. The van der Waals surface area contributed by atoms with Crippen LogP contribution in [-0.4, -0.2) is 61.6 Å². The Labute approximate surface area is 183 Å². The van der Waals surface area contributed by atoms with Crippen LogP contribution in [0.4, 0.5) is 11.4 Å². The maximum Gasteiger partial charge on any atom is 0.236 e. The molecule has 0 radical (unpaired) electrons. The number of primary amides is 1. The third-order valence-electron chi connectivity index (χ3n) is 6.91. The predicted molar refractivity (Wildman–Crippen MR) is 127 cm³/mol. The highest BCUT2D eigenvalue weighted by Gasteiger charge is 2.31. The normalized spacial score (nSPS) is 19.2. The molecule has 0 bridgehead atoms. The molecule has 162 valence electrons. The first-order valence-electron chi connectivity index (χ1n) is 11.3. The van der Waals surface area contributed by atoms with Crippen molar-refractivity contribution in [2.24, 2.45) is 5.73 Å². The van der Waals surface area contributed by atoms with Crippen LogP contribution in [0.1, 0.15) is 23.5 Å². The van der Waals surface area contributed by atoms with Crippen molar-refractivity contribution in [1.29, 1.82) is 0 Å². The Balaban J connectivity index is 1.19. The number of carbonyl (C=O) groups is 1. The lowest BCUT2D eigenvalue weighted by atomic mass is 9.93. The third-order valence-corrected chi connectivity index (χ3v) is 6.91. The molecule has 1 fully saturated rings. The van der Waals surface area contributed by atoms with Crippen molar-refractivity contribution in [1.82, 2.24) is 9.88 Å². The summed E-state index contributed by atoms with van der Waals surface area (Å²) in [6.45, 7) is 8.76. The number of carbonyl (C=O) groups excluding carboxylic acids is 1. The molecular formula is C25H31N5O. The molecule has 5 rings (SSSR count). The number of aromatic amines is 1. The van der Waals surface area contributed by atoms with E-state index >= 15 is 0 Å². The van der Waals surface area contributed by atoms with Gasteiger partial charge >= 0.3 is 0 Å². The van der Waals surface area contributed by atoms with E-state index in [0.29, 0.717) is 12.5 Å². The van der Waals surface area contributed by atoms with Gasteiger partial charge in [0.1, 0.15) is 0 Å². The molecule has 6 nitrogen and oxygen atoms in total. The van der Waals surface area contributed by atoms with E-state index in [1.165, 1.54) is 33.4 Å². The van der Waals surface area contributed by atoms with E-state index in [0.717, 1.165) is 45.7 Å².